The van der Waals surface area contributed by atoms with Gasteiger partial charge in [-0.05, 0) is 24.3 Å². The van der Waals surface area contributed by atoms with Gasteiger partial charge in [-0.2, -0.15) is 11.8 Å². The van der Waals surface area contributed by atoms with Gasteiger partial charge < -0.3 is 5.32 Å². The quantitative estimate of drug-likeness (QED) is 0.780. The maximum absolute atomic E-state index is 4.08. The molecule has 0 aliphatic heterocycles. The Kier molecular flexibility index (Phi) is 5.64. The highest BCUT2D eigenvalue weighted by molar-refractivity contribution is 7.99. The SMILES string of the molecule is CCSCC(C)NCc1cccnc1. The highest BCUT2D eigenvalue weighted by atomic mass is 32.2. The summed E-state index contributed by atoms with van der Waals surface area (Å²) in [6.07, 6.45) is 3.71. The monoisotopic (exact) mass is 210 g/mol. The average Bonchev–Trinajstić information content (AvgIpc) is 2.25. The molecule has 2 nitrogen and oxygen atoms in total. The van der Waals surface area contributed by atoms with Crippen molar-refractivity contribution in [3.05, 3.63) is 30.1 Å². The van der Waals surface area contributed by atoms with Crippen molar-refractivity contribution >= 4 is 11.8 Å². The lowest BCUT2D eigenvalue weighted by Crippen LogP contribution is -2.27. The molecule has 3 heteroatoms. The Balaban J connectivity index is 2.20. The van der Waals surface area contributed by atoms with Crippen molar-refractivity contribution in [1.29, 1.82) is 0 Å². The molecule has 0 fully saturated rings. The third kappa shape index (κ3) is 4.63. The molecule has 0 aliphatic rings. The van der Waals surface area contributed by atoms with Gasteiger partial charge >= 0.3 is 0 Å². The van der Waals surface area contributed by atoms with E-state index in [1.165, 1.54) is 17.1 Å². The minimum atomic E-state index is 0.570. The first-order valence-electron chi connectivity index (χ1n) is 5.03. The minimum Gasteiger partial charge on any atom is -0.309 e. The zero-order valence-corrected chi connectivity index (χ0v) is 9.68. The second kappa shape index (κ2) is 6.85. The van der Waals surface area contributed by atoms with Crippen molar-refractivity contribution < 1.29 is 0 Å². The van der Waals surface area contributed by atoms with E-state index < -0.39 is 0 Å². The van der Waals surface area contributed by atoms with Gasteiger partial charge in [0.1, 0.15) is 0 Å². The smallest absolute Gasteiger partial charge is 0.0312 e. The number of thioether (sulfide) groups is 1. The molecule has 0 aromatic carbocycles. The van der Waals surface area contributed by atoms with Crippen LogP contribution in [0.2, 0.25) is 0 Å². The summed E-state index contributed by atoms with van der Waals surface area (Å²) >= 11 is 1.97. The molecule has 1 unspecified atom stereocenters. The van der Waals surface area contributed by atoms with Crippen LogP contribution in [-0.2, 0) is 6.54 Å². The maximum Gasteiger partial charge on any atom is 0.0312 e. The van der Waals surface area contributed by atoms with E-state index in [0.717, 1.165) is 6.54 Å². The maximum atomic E-state index is 4.08. The minimum absolute atomic E-state index is 0.570. The van der Waals surface area contributed by atoms with Crippen LogP contribution in [0.25, 0.3) is 0 Å². The molecule has 0 bridgehead atoms. The van der Waals surface area contributed by atoms with E-state index in [2.05, 4.69) is 30.2 Å². The number of nitrogens with zero attached hydrogens (tertiary/aromatic N) is 1. The topological polar surface area (TPSA) is 24.9 Å². The Hall–Kier alpha value is -0.540. The largest absolute Gasteiger partial charge is 0.309 e. The molecule has 0 saturated carbocycles. The van der Waals surface area contributed by atoms with E-state index in [4.69, 9.17) is 0 Å². The van der Waals surface area contributed by atoms with E-state index in [1.54, 1.807) is 6.20 Å². The molecule has 78 valence electrons. The van der Waals surface area contributed by atoms with Gasteiger partial charge in [-0.25, -0.2) is 0 Å². The average molecular weight is 210 g/mol. The molecule has 1 heterocycles. The second-order valence-corrected chi connectivity index (χ2v) is 4.62. The van der Waals surface area contributed by atoms with Gasteiger partial charge in [-0.3, -0.25) is 4.98 Å². The highest BCUT2D eigenvalue weighted by Crippen LogP contribution is 2.02. The molecular weight excluding hydrogens is 192 g/mol. The Morgan fingerprint density at radius 3 is 3.07 bits per heavy atom. The van der Waals surface area contributed by atoms with Crippen LogP contribution in [0.1, 0.15) is 19.4 Å². The summed E-state index contributed by atoms with van der Waals surface area (Å²) in [5, 5.41) is 3.47. The van der Waals surface area contributed by atoms with Crippen LogP contribution in [0.4, 0.5) is 0 Å². The number of aromatic nitrogens is 1. The van der Waals surface area contributed by atoms with Gasteiger partial charge in [-0.15, -0.1) is 0 Å². The zero-order valence-electron chi connectivity index (χ0n) is 8.86. The van der Waals surface area contributed by atoms with Crippen LogP contribution < -0.4 is 5.32 Å². The Morgan fingerprint density at radius 2 is 2.43 bits per heavy atom. The molecule has 0 amide bonds. The Labute approximate surface area is 90.5 Å². The van der Waals surface area contributed by atoms with Crippen molar-refractivity contribution in [3.8, 4) is 0 Å². The molecule has 1 atom stereocenters. The molecule has 0 spiro atoms. The molecule has 1 rings (SSSR count). The van der Waals surface area contributed by atoms with Gasteiger partial charge in [0.2, 0.25) is 0 Å². The Bertz CT molecular complexity index is 238. The molecule has 0 aliphatic carbocycles. The van der Waals surface area contributed by atoms with Gasteiger partial charge in [-0.1, -0.05) is 13.0 Å². The predicted octanol–water partition coefficient (Wildman–Crippen LogP) is 2.31. The lowest BCUT2D eigenvalue weighted by molar-refractivity contribution is 0.595. The first-order chi connectivity index (χ1) is 6.83. The van der Waals surface area contributed by atoms with Crippen LogP contribution in [-0.4, -0.2) is 22.5 Å². The van der Waals surface area contributed by atoms with E-state index in [9.17, 15) is 0 Å². The lowest BCUT2D eigenvalue weighted by atomic mass is 10.2. The molecular formula is C11H18N2S. The van der Waals surface area contributed by atoms with Gasteiger partial charge in [0, 0.05) is 30.7 Å². The number of nitrogens with one attached hydrogen (secondary N) is 1. The zero-order chi connectivity index (χ0) is 10.2. The van der Waals surface area contributed by atoms with Gasteiger partial charge in [0.05, 0.1) is 0 Å². The van der Waals surface area contributed by atoms with Crippen molar-refractivity contribution in [2.45, 2.75) is 26.4 Å². The van der Waals surface area contributed by atoms with Crippen molar-refractivity contribution in [3.63, 3.8) is 0 Å². The first-order valence-corrected chi connectivity index (χ1v) is 6.18. The fraction of sp³-hybridized carbons (Fsp3) is 0.545. The van der Waals surface area contributed by atoms with Crippen LogP contribution in [0.15, 0.2) is 24.5 Å². The summed E-state index contributed by atoms with van der Waals surface area (Å²) in [7, 11) is 0. The van der Waals surface area contributed by atoms with E-state index >= 15 is 0 Å². The highest BCUT2D eigenvalue weighted by Gasteiger charge is 2.00. The third-order valence-electron chi connectivity index (χ3n) is 1.95. The fourth-order valence-electron chi connectivity index (χ4n) is 1.15. The first kappa shape index (κ1) is 11.5. The van der Waals surface area contributed by atoms with Crippen LogP contribution in [0.3, 0.4) is 0 Å². The molecule has 1 N–H and O–H groups in total. The van der Waals surface area contributed by atoms with E-state index in [-0.39, 0.29) is 0 Å². The summed E-state index contributed by atoms with van der Waals surface area (Å²) in [6.45, 7) is 5.33. The van der Waals surface area contributed by atoms with Crippen molar-refractivity contribution in [2.75, 3.05) is 11.5 Å². The van der Waals surface area contributed by atoms with Crippen molar-refractivity contribution in [2.24, 2.45) is 0 Å². The number of hydrogen-bond acceptors (Lipinski definition) is 3. The number of hydrogen-bond donors (Lipinski definition) is 1. The third-order valence-corrected chi connectivity index (χ3v) is 3.09. The molecule has 1 aromatic heterocycles. The normalized spacial score (nSPS) is 12.7. The van der Waals surface area contributed by atoms with Crippen LogP contribution in [0, 0.1) is 0 Å². The number of pyridine rings is 1. The second-order valence-electron chi connectivity index (χ2n) is 3.30. The summed E-state index contributed by atoms with van der Waals surface area (Å²) in [6, 6.07) is 4.64. The van der Waals surface area contributed by atoms with Gasteiger partial charge in [0.25, 0.3) is 0 Å². The van der Waals surface area contributed by atoms with Crippen molar-refractivity contribution in [1.82, 2.24) is 10.3 Å². The van der Waals surface area contributed by atoms with Gasteiger partial charge in [0.15, 0.2) is 0 Å². The molecule has 1 aromatic rings. The lowest BCUT2D eigenvalue weighted by Gasteiger charge is -2.12. The van der Waals surface area contributed by atoms with Crippen LogP contribution in [0.5, 0.6) is 0 Å². The Morgan fingerprint density at radius 1 is 1.57 bits per heavy atom. The summed E-state index contributed by atoms with van der Waals surface area (Å²) in [4.78, 5) is 4.08. The fourth-order valence-corrected chi connectivity index (χ4v) is 1.86. The summed E-state index contributed by atoms with van der Waals surface area (Å²) in [5.74, 6) is 2.37. The van der Waals surface area contributed by atoms with E-state index in [0.29, 0.717) is 6.04 Å². The predicted molar refractivity (Wildman–Crippen MR) is 63.5 cm³/mol. The molecule has 0 radical (unpaired) electrons. The standard InChI is InChI=1S/C11H18N2S/c1-3-14-9-10(2)13-8-11-5-4-6-12-7-11/h4-7,10,13H,3,8-9H2,1-2H3. The summed E-state index contributed by atoms with van der Waals surface area (Å²) in [5.41, 5.74) is 1.25. The summed E-state index contributed by atoms with van der Waals surface area (Å²) < 4.78 is 0. The van der Waals surface area contributed by atoms with E-state index in [1.807, 2.05) is 24.0 Å². The number of rotatable bonds is 6. The molecule has 0 saturated heterocycles. The molecule has 14 heavy (non-hydrogen) atoms. The van der Waals surface area contributed by atoms with Crippen LogP contribution >= 0.6 is 11.8 Å².